The van der Waals surface area contributed by atoms with Gasteiger partial charge in [-0.2, -0.15) is 0 Å². The summed E-state index contributed by atoms with van der Waals surface area (Å²) in [6.07, 6.45) is 0. The minimum absolute atomic E-state index is 0.0205. The number of rotatable bonds is 1. The number of benzene rings is 2. The van der Waals surface area contributed by atoms with Crippen LogP contribution < -0.4 is 11.5 Å². The van der Waals surface area contributed by atoms with Gasteiger partial charge in [0.15, 0.2) is 0 Å². The third kappa shape index (κ3) is 1.78. The van der Waals surface area contributed by atoms with Crippen LogP contribution in [-0.4, -0.2) is 5.11 Å². The van der Waals surface area contributed by atoms with E-state index >= 15 is 0 Å². The van der Waals surface area contributed by atoms with Crippen molar-refractivity contribution in [1.29, 1.82) is 0 Å². The Morgan fingerprint density at radius 3 is 2.24 bits per heavy atom. The first-order valence-corrected chi connectivity index (χ1v) is 5.53. The van der Waals surface area contributed by atoms with E-state index in [-0.39, 0.29) is 16.5 Å². The zero-order valence-corrected chi connectivity index (χ0v) is 10.1. The highest BCUT2D eigenvalue weighted by molar-refractivity contribution is 6.36. The predicted octanol–water partition coefficient (Wildman–Crippen LogP) is 3.19. The first-order chi connectivity index (χ1) is 8.04. The maximum Gasteiger partial charge on any atom is 0.148 e. The molecule has 0 atom stereocenters. The van der Waals surface area contributed by atoms with E-state index in [9.17, 15) is 5.11 Å². The summed E-state index contributed by atoms with van der Waals surface area (Å²) in [7, 11) is 0. The van der Waals surface area contributed by atoms with Gasteiger partial charge in [-0.05, 0) is 18.1 Å². The highest BCUT2D eigenvalue weighted by atomic mass is 35.5. The molecule has 0 amide bonds. The number of hydrogen-bond donors (Lipinski definition) is 3. The van der Waals surface area contributed by atoms with Gasteiger partial charge in [0.05, 0.1) is 16.4 Å². The van der Waals surface area contributed by atoms with Crippen molar-refractivity contribution in [3.8, 4) is 16.9 Å². The fourth-order valence-corrected chi connectivity index (χ4v) is 2.05. The molecule has 3 nitrogen and oxygen atoms in total. The molecule has 5 N–H and O–H groups in total. The second kappa shape index (κ2) is 4.18. The van der Waals surface area contributed by atoms with E-state index < -0.39 is 0 Å². The third-order valence-electron chi connectivity index (χ3n) is 2.81. The second-order valence-electron chi connectivity index (χ2n) is 3.86. The van der Waals surface area contributed by atoms with E-state index in [4.69, 9.17) is 23.1 Å². The van der Waals surface area contributed by atoms with Gasteiger partial charge in [-0.1, -0.05) is 41.9 Å². The average molecular weight is 249 g/mol. The lowest BCUT2D eigenvalue weighted by Gasteiger charge is -2.15. The normalized spacial score (nSPS) is 10.5. The van der Waals surface area contributed by atoms with Crippen LogP contribution in [0.4, 0.5) is 11.4 Å². The Labute approximate surface area is 105 Å². The lowest BCUT2D eigenvalue weighted by Crippen LogP contribution is -1.99. The van der Waals surface area contributed by atoms with E-state index in [0.717, 1.165) is 11.1 Å². The Balaban J connectivity index is 2.80. The molecule has 0 spiro atoms. The summed E-state index contributed by atoms with van der Waals surface area (Å²) < 4.78 is 0. The van der Waals surface area contributed by atoms with E-state index in [2.05, 4.69) is 0 Å². The maximum atomic E-state index is 10.1. The van der Waals surface area contributed by atoms with Crippen LogP contribution in [0, 0.1) is 6.92 Å². The molecule has 0 radical (unpaired) electrons. The number of halogens is 1. The average Bonchev–Trinajstić information content (AvgIpc) is 2.36. The predicted molar refractivity (Wildman–Crippen MR) is 72.1 cm³/mol. The Morgan fingerprint density at radius 1 is 1.06 bits per heavy atom. The van der Waals surface area contributed by atoms with Gasteiger partial charge in [0.2, 0.25) is 0 Å². The molecule has 0 saturated heterocycles. The molecule has 0 bridgehead atoms. The fourth-order valence-electron chi connectivity index (χ4n) is 1.82. The third-order valence-corrected chi connectivity index (χ3v) is 3.21. The maximum absolute atomic E-state index is 10.1. The van der Waals surface area contributed by atoms with Gasteiger partial charge in [-0.3, -0.25) is 0 Å². The minimum atomic E-state index is -0.0205. The summed E-state index contributed by atoms with van der Waals surface area (Å²) in [5.74, 6) is -0.0205. The number of hydrogen-bond acceptors (Lipinski definition) is 3. The Morgan fingerprint density at radius 2 is 1.65 bits per heavy atom. The number of nitrogen functional groups attached to an aromatic ring is 2. The summed E-state index contributed by atoms with van der Waals surface area (Å²) in [5.41, 5.74) is 14.3. The molecule has 17 heavy (non-hydrogen) atoms. The van der Waals surface area contributed by atoms with Gasteiger partial charge in [0.1, 0.15) is 5.75 Å². The van der Waals surface area contributed by atoms with Crippen molar-refractivity contribution < 1.29 is 5.11 Å². The zero-order chi connectivity index (χ0) is 12.6. The van der Waals surface area contributed by atoms with Gasteiger partial charge >= 0.3 is 0 Å². The first-order valence-electron chi connectivity index (χ1n) is 5.15. The van der Waals surface area contributed by atoms with Gasteiger partial charge in [-0.25, -0.2) is 0 Å². The van der Waals surface area contributed by atoms with Crippen molar-refractivity contribution in [2.24, 2.45) is 0 Å². The Hall–Kier alpha value is -1.87. The van der Waals surface area contributed by atoms with Crippen LogP contribution in [0.1, 0.15) is 5.56 Å². The van der Waals surface area contributed by atoms with E-state index in [0.29, 0.717) is 11.3 Å². The van der Waals surface area contributed by atoms with Crippen molar-refractivity contribution in [3.63, 3.8) is 0 Å². The van der Waals surface area contributed by atoms with Crippen molar-refractivity contribution in [2.45, 2.75) is 6.92 Å². The standard InChI is InChI=1S/C13H13ClN2O/c1-7-9(8-5-3-2-4-6-8)13(17)12(16)10(14)11(7)15/h2-6,17H,15-16H2,1H3. The Bertz CT molecular complexity index is 538. The van der Waals surface area contributed by atoms with E-state index in [1.54, 1.807) is 0 Å². The molecule has 0 heterocycles. The van der Waals surface area contributed by atoms with Crippen LogP contribution in [0.25, 0.3) is 11.1 Å². The second-order valence-corrected chi connectivity index (χ2v) is 4.23. The molecule has 2 aromatic carbocycles. The summed E-state index contributed by atoms with van der Waals surface area (Å²) in [5, 5.41) is 10.3. The molecule has 0 aliphatic rings. The van der Waals surface area contributed by atoms with Crippen LogP contribution in [0.2, 0.25) is 5.02 Å². The number of phenolic OH excluding ortho intramolecular Hbond substituents is 1. The summed E-state index contributed by atoms with van der Waals surface area (Å²) in [6.45, 7) is 1.81. The van der Waals surface area contributed by atoms with E-state index in [1.807, 2.05) is 37.3 Å². The molecule has 4 heteroatoms. The van der Waals surface area contributed by atoms with E-state index in [1.165, 1.54) is 0 Å². The fraction of sp³-hybridized carbons (Fsp3) is 0.0769. The van der Waals surface area contributed by atoms with Crippen molar-refractivity contribution >= 4 is 23.0 Å². The molecule has 0 fully saturated rings. The molecular formula is C13H13ClN2O. The van der Waals surface area contributed by atoms with Gasteiger partial charge in [0, 0.05) is 5.56 Å². The number of phenols is 1. The van der Waals surface area contributed by atoms with Crippen LogP contribution in [0.15, 0.2) is 30.3 Å². The highest BCUT2D eigenvalue weighted by Crippen LogP contribution is 2.44. The van der Waals surface area contributed by atoms with Crippen molar-refractivity contribution in [2.75, 3.05) is 11.5 Å². The highest BCUT2D eigenvalue weighted by Gasteiger charge is 2.17. The monoisotopic (exact) mass is 248 g/mol. The molecular weight excluding hydrogens is 236 g/mol. The number of nitrogens with two attached hydrogens (primary N) is 2. The smallest absolute Gasteiger partial charge is 0.148 e. The minimum Gasteiger partial charge on any atom is -0.505 e. The lowest BCUT2D eigenvalue weighted by atomic mass is 9.97. The molecule has 2 rings (SSSR count). The first kappa shape index (κ1) is 11.6. The Kier molecular flexibility index (Phi) is 2.86. The molecule has 0 unspecified atom stereocenters. The van der Waals surface area contributed by atoms with Gasteiger partial charge in [0.25, 0.3) is 0 Å². The van der Waals surface area contributed by atoms with Gasteiger partial charge in [-0.15, -0.1) is 0 Å². The summed E-state index contributed by atoms with van der Waals surface area (Å²) in [4.78, 5) is 0. The summed E-state index contributed by atoms with van der Waals surface area (Å²) in [6, 6.07) is 9.44. The number of anilines is 2. The van der Waals surface area contributed by atoms with Crippen molar-refractivity contribution in [1.82, 2.24) is 0 Å². The quantitative estimate of drug-likeness (QED) is 0.412. The summed E-state index contributed by atoms with van der Waals surface area (Å²) >= 11 is 5.94. The van der Waals surface area contributed by atoms with Crippen LogP contribution >= 0.6 is 11.6 Å². The number of aromatic hydroxyl groups is 1. The SMILES string of the molecule is Cc1c(N)c(Cl)c(N)c(O)c1-c1ccccc1. The van der Waals surface area contributed by atoms with Gasteiger partial charge < -0.3 is 16.6 Å². The zero-order valence-electron chi connectivity index (χ0n) is 9.37. The molecule has 0 aliphatic heterocycles. The van der Waals surface area contributed by atoms with Crippen LogP contribution in [0.3, 0.4) is 0 Å². The topological polar surface area (TPSA) is 72.3 Å². The largest absolute Gasteiger partial charge is 0.505 e. The van der Waals surface area contributed by atoms with Crippen LogP contribution in [-0.2, 0) is 0 Å². The molecule has 0 aromatic heterocycles. The molecule has 2 aromatic rings. The molecule has 0 saturated carbocycles. The van der Waals surface area contributed by atoms with Crippen LogP contribution in [0.5, 0.6) is 5.75 Å². The van der Waals surface area contributed by atoms with Crippen molar-refractivity contribution in [3.05, 3.63) is 40.9 Å². The lowest BCUT2D eigenvalue weighted by molar-refractivity contribution is 0.479. The molecule has 0 aliphatic carbocycles. The molecule has 88 valence electrons.